The van der Waals surface area contributed by atoms with E-state index >= 15 is 0 Å². The van der Waals surface area contributed by atoms with E-state index in [0.29, 0.717) is 36.8 Å². The topological polar surface area (TPSA) is 97.8 Å². The van der Waals surface area contributed by atoms with Crippen molar-refractivity contribution in [1.29, 1.82) is 0 Å². The van der Waals surface area contributed by atoms with Crippen molar-refractivity contribution in [3.63, 3.8) is 0 Å². The van der Waals surface area contributed by atoms with E-state index in [4.69, 9.17) is 0 Å². The minimum absolute atomic E-state index is 0.0398. The standard InChI is InChI=1S/C22H21F3N8O/c1-14(22(34,11-32-13-26-12-28-32)17-4-3-16(23)8-18(17)24)31-6-7-33-20(10-31)29-21(30-33)15-2-5-19(25)27-9-15/h2-5,8-9,12-14,34H,6-7,10-11H2,1H3/t14-,22-/m1/s1. The highest BCUT2D eigenvalue weighted by Gasteiger charge is 2.43. The SMILES string of the molecule is C[C@@H](N1CCn2nc(-c3ccc(F)nc3)nc2C1)[C@](O)(Cn1cncn1)c1ccc(F)cc1F. The second-order valence-corrected chi connectivity index (χ2v) is 8.23. The smallest absolute Gasteiger partial charge is 0.212 e. The Labute approximate surface area is 192 Å². The molecule has 0 aliphatic carbocycles. The Hall–Kier alpha value is -3.64. The predicted molar refractivity (Wildman–Crippen MR) is 113 cm³/mol. The van der Waals surface area contributed by atoms with Crippen molar-refractivity contribution in [3.05, 3.63) is 78.2 Å². The summed E-state index contributed by atoms with van der Waals surface area (Å²) in [6, 6.07) is 5.31. The number of hydrogen-bond acceptors (Lipinski definition) is 7. The summed E-state index contributed by atoms with van der Waals surface area (Å²) in [7, 11) is 0. The number of aromatic nitrogens is 7. The summed E-state index contributed by atoms with van der Waals surface area (Å²) in [5, 5.41) is 20.4. The zero-order chi connectivity index (χ0) is 23.9. The molecule has 1 aliphatic heterocycles. The molecule has 5 rings (SSSR count). The highest BCUT2D eigenvalue weighted by molar-refractivity contribution is 5.52. The van der Waals surface area contributed by atoms with Crippen LogP contribution < -0.4 is 0 Å². The van der Waals surface area contributed by atoms with Gasteiger partial charge in [0.05, 0.1) is 19.6 Å². The van der Waals surface area contributed by atoms with Gasteiger partial charge in [-0.3, -0.25) is 4.90 Å². The number of halogens is 3. The first kappa shape index (κ1) is 22.2. The Kier molecular flexibility index (Phi) is 5.62. The van der Waals surface area contributed by atoms with Crippen molar-refractivity contribution in [3.8, 4) is 11.4 Å². The lowest BCUT2D eigenvalue weighted by Crippen LogP contribution is -2.53. The second-order valence-electron chi connectivity index (χ2n) is 8.23. The molecule has 1 N–H and O–H groups in total. The summed E-state index contributed by atoms with van der Waals surface area (Å²) in [5.74, 6) is -1.11. The first-order valence-corrected chi connectivity index (χ1v) is 10.6. The van der Waals surface area contributed by atoms with Gasteiger partial charge >= 0.3 is 0 Å². The molecule has 0 saturated heterocycles. The Morgan fingerprint density at radius 2 is 2.00 bits per heavy atom. The molecule has 1 aliphatic rings. The van der Waals surface area contributed by atoms with Crippen LogP contribution in [-0.2, 0) is 25.2 Å². The van der Waals surface area contributed by atoms with E-state index in [1.54, 1.807) is 17.7 Å². The lowest BCUT2D eigenvalue weighted by Gasteiger charge is -2.42. The van der Waals surface area contributed by atoms with Crippen LogP contribution in [0.5, 0.6) is 0 Å². The average molecular weight is 470 g/mol. The van der Waals surface area contributed by atoms with Gasteiger partial charge in [0.15, 0.2) is 5.82 Å². The maximum absolute atomic E-state index is 14.8. The Bertz CT molecular complexity index is 1290. The quantitative estimate of drug-likeness (QED) is 0.431. The summed E-state index contributed by atoms with van der Waals surface area (Å²) in [4.78, 5) is 14.1. The van der Waals surface area contributed by atoms with Crippen molar-refractivity contribution >= 4 is 0 Å². The van der Waals surface area contributed by atoms with Gasteiger partial charge in [-0.05, 0) is 25.1 Å². The van der Waals surface area contributed by atoms with Crippen molar-refractivity contribution in [1.82, 2.24) is 39.4 Å². The van der Waals surface area contributed by atoms with Gasteiger partial charge in [0.25, 0.3) is 0 Å². The number of benzene rings is 1. The fourth-order valence-electron chi connectivity index (χ4n) is 4.26. The highest BCUT2D eigenvalue weighted by Crippen LogP contribution is 2.34. The molecule has 0 spiro atoms. The molecule has 1 aromatic carbocycles. The van der Waals surface area contributed by atoms with E-state index in [-0.39, 0.29) is 12.1 Å². The van der Waals surface area contributed by atoms with Crippen LogP contribution in [0.1, 0.15) is 18.3 Å². The molecule has 0 bridgehead atoms. The number of aliphatic hydroxyl groups is 1. The zero-order valence-electron chi connectivity index (χ0n) is 18.2. The molecule has 4 aromatic rings. The highest BCUT2D eigenvalue weighted by atomic mass is 19.1. The zero-order valence-corrected chi connectivity index (χ0v) is 18.2. The summed E-state index contributed by atoms with van der Waals surface area (Å²) in [5.41, 5.74) is -1.21. The summed E-state index contributed by atoms with van der Waals surface area (Å²) < 4.78 is 44.8. The van der Waals surface area contributed by atoms with E-state index in [1.807, 2.05) is 4.90 Å². The number of pyridine rings is 1. The third kappa shape index (κ3) is 4.05. The van der Waals surface area contributed by atoms with E-state index < -0.39 is 29.2 Å². The van der Waals surface area contributed by atoms with Crippen molar-refractivity contribution in [2.45, 2.75) is 38.2 Å². The van der Waals surface area contributed by atoms with Gasteiger partial charge in [-0.25, -0.2) is 33.1 Å². The first-order valence-electron chi connectivity index (χ1n) is 10.6. The van der Waals surface area contributed by atoms with E-state index in [9.17, 15) is 18.3 Å². The number of rotatable bonds is 6. The molecule has 12 heteroatoms. The predicted octanol–water partition coefficient (Wildman–Crippen LogP) is 2.14. The summed E-state index contributed by atoms with van der Waals surface area (Å²) in [6.07, 6.45) is 4.11. The minimum atomic E-state index is -1.75. The number of nitrogens with zero attached hydrogens (tertiary/aromatic N) is 8. The first-order chi connectivity index (χ1) is 16.3. The van der Waals surface area contributed by atoms with Crippen LogP contribution in [0.2, 0.25) is 0 Å². The van der Waals surface area contributed by atoms with Gasteiger partial charge in [0.1, 0.15) is 35.7 Å². The van der Waals surface area contributed by atoms with Crippen LogP contribution in [-0.4, -0.2) is 57.1 Å². The Balaban J connectivity index is 1.45. The second kappa shape index (κ2) is 8.61. The molecule has 0 fully saturated rings. The number of hydrogen-bond donors (Lipinski definition) is 1. The van der Waals surface area contributed by atoms with Gasteiger partial charge in [-0.15, -0.1) is 0 Å². The van der Waals surface area contributed by atoms with Crippen molar-refractivity contribution in [2.75, 3.05) is 6.54 Å². The maximum atomic E-state index is 14.8. The largest absolute Gasteiger partial charge is 0.381 e. The monoisotopic (exact) mass is 470 g/mol. The van der Waals surface area contributed by atoms with Crippen LogP contribution in [0.25, 0.3) is 11.4 Å². The van der Waals surface area contributed by atoms with Gasteiger partial charge in [-0.1, -0.05) is 6.07 Å². The van der Waals surface area contributed by atoms with Crippen LogP contribution in [0, 0.1) is 17.6 Å². The molecule has 4 heterocycles. The molecular weight excluding hydrogens is 449 g/mol. The third-order valence-corrected chi connectivity index (χ3v) is 6.18. The van der Waals surface area contributed by atoms with Crippen LogP contribution >= 0.6 is 0 Å². The average Bonchev–Trinajstić information content (AvgIpc) is 3.48. The molecule has 0 amide bonds. The van der Waals surface area contributed by atoms with Gasteiger partial charge in [0.2, 0.25) is 5.95 Å². The van der Waals surface area contributed by atoms with Gasteiger partial charge in [0, 0.05) is 36.0 Å². The molecular formula is C22H21F3N8O. The molecule has 3 aromatic heterocycles. The molecule has 9 nitrogen and oxygen atoms in total. The van der Waals surface area contributed by atoms with Gasteiger partial charge < -0.3 is 5.11 Å². The normalized spacial score (nSPS) is 16.7. The Morgan fingerprint density at radius 3 is 2.71 bits per heavy atom. The van der Waals surface area contributed by atoms with Gasteiger partial charge in [-0.2, -0.15) is 14.6 Å². The summed E-state index contributed by atoms with van der Waals surface area (Å²) >= 11 is 0. The fourth-order valence-corrected chi connectivity index (χ4v) is 4.26. The molecule has 0 unspecified atom stereocenters. The molecule has 0 radical (unpaired) electrons. The van der Waals surface area contributed by atoms with Crippen LogP contribution in [0.4, 0.5) is 13.2 Å². The van der Waals surface area contributed by atoms with Crippen LogP contribution in [0.15, 0.2) is 49.2 Å². The molecule has 2 atom stereocenters. The Morgan fingerprint density at radius 1 is 1.15 bits per heavy atom. The van der Waals surface area contributed by atoms with Crippen molar-refractivity contribution in [2.24, 2.45) is 0 Å². The lowest BCUT2D eigenvalue weighted by molar-refractivity contribution is -0.0714. The van der Waals surface area contributed by atoms with Crippen LogP contribution in [0.3, 0.4) is 0 Å². The van der Waals surface area contributed by atoms with E-state index in [0.717, 1.165) is 12.1 Å². The van der Waals surface area contributed by atoms with E-state index in [2.05, 4.69) is 25.1 Å². The number of fused-ring (bicyclic) bond motifs is 1. The maximum Gasteiger partial charge on any atom is 0.212 e. The fraction of sp³-hybridized carbons (Fsp3) is 0.318. The summed E-state index contributed by atoms with van der Waals surface area (Å²) in [6.45, 7) is 2.99. The third-order valence-electron chi connectivity index (χ3n) is 6.18. The molecule has 176 valence electrons. The van der Waals surface area contributed by atoms with Crippen molar-refractivity contribution < 1.29 is 18.3 Å². The molecule has 34 heavy (non-hydrogen) atoms. The minimum Gasteiger partial charge on any atom is -0.381 e. The lowest BCUT2D eigenvalue weighted by atomic mass is 9.85. The molecule has 0 saturated carbocycles. The van der Waals surface area contributed by atoms with E-state index in [1.165, 1.54) is 35.7 Å².